The molecule has 0 aromatic heterocycles. The van der Waals surface area contributed by atoms with E-state index in [0.717, 1.165) is 11.6 Å². The van der Waals surface area contributed by atoms with E-state index >= 15 is 0 Å². The second-order valence-corrected chi connectivity index (χ2v) is 9.50. The van der Waals surface area contributed by atoms with Crippen molar-refractivity contribution in [3.63, 3.8) is 0 Å². The van der Waals surface area contributed by atoms with E-state index in [2.05, 4.69) is 9.50 Å². The molecule has 0 spiro atoms. The van der Waals surface area contributed by atoms with E-state index in [4.69, 9.17) is 10.5 Å². The van der Waals surface area contributed by atoms with E-state index in [1.54, 1.807) is 39.0 Å². The van der Waals surface area contributed by atoms with Crippen LogP contribution in [0.5, 0.6) is 5.75 Å². The number of fused-ring (bicyclic) bond motifs is 1. The lowest BCUT2D eigenvalue weighted by atomic mass is 10.0. The van der Waals surface area contributed by atoms with Crippen LogP contribution < -0.4 is 15.2 Å². The molecule has 0 aliphatic carbocycles. The number of carbonyl (C=O) groups excluding carboxylic acids is 2. The molecule has 0 fully saturated rings. The van der Waals surface area contributed by atoms with Gasteiger partial charge in [0.1, 0.15) is 17.4 Å². The maximum absolute atomic E-state index is 12.5. The van der Waals surface area contributed by atoms with Gasteiger partial charge in [-0.3, -0.25) is 4.79 Å². The molecule has 0 bridgehead atoms. The van der Waals surface area contributed by atoms with Crippen molar-refractivity contribution >= 4 is 32.9 Å². The number of primary amides is 1. The number of alkyl halides is 3. The molecule has 176 valence electrons. The fourth-order valence-corrected chi connectivity index (χ4v) is 3.15. The minimum atomic E-state index is -5.76. The molecular weight excluding hydrogens is 453 g/mol. The van der Waals surface area contributed by atoms with Crippen LogP contribution in [0.2, 0.25) is 0 Å². The van der Waals surface area contributed by atoms with Crippen LogP contribution in [0.4, 0.5) is 18.0 Å². The number of halogens is 3. The lowest BCUT2D eigenvalue weighted by molar-refractivity contribution is -0.120. The van der Waals surface area contributed by atoms with Crippen molar-refractivity contribution in [1.82, 2.24) is 5.32 Å². The van der Waals surface area contributed by atoms with Gasteiger partial charge in [0.2, 0.25) is 5.91 Å². The highest BCUT2D eigenvalue weighted by molar-refractivity contribution is 7.88. The average molecular weight is 476 g/mol. The number of amides is 2. The monoisotopic (exact) mass is 476 g/mol. The standard InChI is InChI=1S/C20H23F3N2O6S/c1-19(2,3)30-18(27)25-16(17(24)26)9-5-12-4-6-14-11-15(8-7-13(14)10-12)31-32(28,29)20(21,22)23/h4,6-8,10-11,16H,5,9H2,1-3H3,(H2,24,26)(H,25,27). The molecule has 2 aromatic rings. The molecule has 2 amide bonds. The van der Waals surface area contributed by atoms with Gasteiger partial charge >= 0.3 is 21.7 Å². The highest BCUT2D eigenvalue weighted by atomic mass is 32.2. The third-order valence-corrected chi connectivity index (χ3v) is 5.10. The van der Waals surface area contributed by atoms with Gasteiger partial charge in [-0.15, -0.1) is 0 Å². The van der Waals surface area contributed by atoms with Gasteiger partial charge in [-0.1, -0.05) is 24.3 Å². The summed E-state index contributed by atoms with van der Waals surface area (Å²) in [6, 6.07) is 7.63. The quantitative estimate of drug-likeness (QED) is 0.466. The number of hydrogen-bond donors (Lipinski definition) is 2. The number of ether oxygens (including phenoxy) is 1. The Hall–Kier alpha value is -3.02. The Morgan fingerprint density at radius 2 is 1.66 bits per heavy atom. The van der Waals surface area contributed by atoms with Gasteiger partial charge in [0.05, 0.1) is 0 Å². The predicted octanol–water partition coefficient (Wildman–Crippen LogP) is 3.38. The number of nitrogens with one attached hydrogen (secondary N) is 1. The summed E-state index contributed by atoms with van der Waals surface area (Å²) in [4.78, 5) is 23.6. The molecule has 0 radical (unpaired) electrons. The lowest BCUT2D eigenvalue weighted by Gasteiger charge is -2.22. The number of rotatable bonds is 7. The van der Waals surface area contributed by atoms with Crippen molar-refractivity contribution in [2.45, 2.75) is 50.8 Å². The Morgan fingerprint density at radius 3 is 2.22 bits per heavy atom. The zero-order valence-electron chi connectivity index (χ0n) is 17.5. The maximum atomic E-state index is 12.5. The Labute approximate surface area is 183 Å². The molecule has 2 rings (SSSR count). The van der Waals surface area contributed by atoms with Gasteiger partial charge in [0.25, 0.3) is 0 Å². The van der Waals surface area contributed by atoms with Crippen molar-refractivity contribution in [3.8, 4) is 5.75 Å². The largest absolute Gasteiger partial charge is 0.534 e. The van der Waals surface area contributed by atoms with E-state index < -0.39 is 45.0 Å². The number of nitrogens with two attached hydrogens (primary N) is 1. The number of hydrogen-bond acceptors (Lipinski definition) is 6. The first-order chi connectivity index (χ1) is 14.6. The second-order valence-electron chi connectivity index (χ2n) is 7.97. The van der Waals surface area contributed by atoms with Crippen LogP contribution in [0, 0.1) is 0 Å². The van der Waals surface area contributed by atoms with Crippen LogP contribution in [-0.4, -0.2) is 37.6 Å². The molecule has 32 heavy (non-hydrogen) atoms. The molecule has 0 saturated heterocycles. The summed E-state index contributed by atoms with van der Waals surface area (Å²) in [7, 11) is -5.76. The van der Waals surface area contributed by atoms with Crippen molar-refractivity contribution in [1.29, 1.82) is 0 Å². The van der Waals surface area contributed by atoms with Crippen LogP contribution in [0.25, 0.3) is 10.8 Å². The summed E-state index contributed by atoms with van der Waals surface area (Å²) < 4.78 is 68.9. The average Bonchev–Trinajstić information content (AvgIpc) is 2.62. The SMILES string of the molecule is CC(C)(C)OC(=O)NC(CCc1ccc2cc(OS(=O)(=O)C(F)(F)F)ccc2c1)C(N)=O. The molecule has 3 N–H and O–H groups in total. The van der Waals surface area contributed by atoms with Gasteiger partial charge in [0.15, 0.2) is 0 Å². The van der Waals surface area contributed by atoms with Crippen molar-refractivity contribution in [2.75, 3.05) is 0 Å². The molecule has 0 aliphatic rings. The minimum absolute atomic E-state index is 0.186. The lowest BCUT2D eigenvalue weighted by Crippen LogP contribution is -2.46. The number of aryl methyl sites for hydroxylation is 1. The fraction of sp³-hybridized carbons (Fsp3) is 0.400. The molecule has 0 saturated carbocycles. The van der Waals surface area contributed by atoms with Gasteiger partial charge in [-0.05, 0) is 62.1 Å². The van der Waals surface area contributed by atoms with Gasteiger partial charge in [0, 0.05) is 0 Å². The van der Waals surface area contributed by atoms with E-state index in [1.807, 2.05) is 0 Å². The highest BCUT2D eigenvalue weighted by Crippen LogP contribution is 2.29. The minimum Gasteiger partial charge on any atom is -0.444 e. The predicted molar refractivity (Wildman–Crippen MR) is 110 cm³/mol. The summed E-state index contributed by atoms with van der Waals surface area (Å²) in [5.41, 5.74) is -0.170. The first-order valence-corrected chi connectivity index (χ1v) is 10.8. The van der Waals surface area contributed by atoms with E-state index in [0.29, 0.717) is 17.2 Å². The molecule has 1 atom stereocenters. The molecule has 2 aromatic carbocycles. The van der Waals surface area contributed by atoms with Gasteiger partial charge in [-0.2, -0.15) is 21.6 Å². The Balaban J connectivity index is 2.10. The third kappa shape index (κ3) is 7.01. The molecule has 12 heteroatoms. The fourth-order valence-electron chi connectivity index (χ4n) is 2.70. The molecule has 0 heterocycles. The summed E-state index contributed by atoms with van der Waals surface area (Å²) in [6.45, 7) is 5.03. The highest BCUT2D eigenvalue weighted by Gasteiger charge is 2.48. The Bertz CT molecular complexity index is 1110. The van der Waals surface area contributed by atoms with Crippen LogP contribution in [0.15, 0.2) is 36.4 Å². The summed E-state index contributed by atoms with van der Waals surface area (Å²) in [5, 5.41) is 3.47. The maximum Gasteiger partial charge on any atom is 0.534 e. The van der Waals surface area contributed by atoms with Crippen LogP contribution in [0.1, 0.15) is 32.8 Å². The van der Waals surface area contributed by atoms with Gasteiger partial charge < -0.3 is 20.0 Å². The van der Waals surface area contributed by atoms with Crippen LogP contribution in [-0.2, 0) is 26.1 Å². The van der Waals surface area contributed by atoms with E-state index in [1.165, 1.54) is 12.1 Å². The molecule has 8 nitrogen and oxygen atoms in total. The van der Waals surface area contributed by atoms with Gasteiger partial charge in [-0.25, -0.2) is 4.79 Å². The summed E-state index contributed by atoms with van der Waals surface area (Å²) >= 11 is 0. The van der Waals surface area contributed by atoms with E-state index in [9.17, 15) is 31.2 Å². The summed E-state index contributed by atoms with van der Waals surface area (Å²) in [6.07, 6.45) is -0.244. The van der Waals surface area contributed by atoms with Crippen LogP contribution in [0.3, 0.4) is 0 Å². The third-order valence-electron chi connectivity index (χ3n) is 4.12. The molecule has 1 unspecified atom stereocenters. The normalized spacial score (nSPS) is 13.4. The number of carbonyl (C=O) groups is 2. The zero-order valence-corrected chi connectivity index (χ0v) is 18.3. The number of benzene rings is 2. The smallest absolute Gasteiger partial charge is 0.444 e. The van der Waals surface area contributed by atoms with Crippen molar-refractivity contribution in [3.05, 3.63) is 42.0 Å². The van der Waals surface area contributed by atoms with E-state index in [-0.39, 0.29) is 6.42 Å². The Kier molecular flexibility index (Phi) is 7.28. The van der Waals surface area contributed by atoms with Crippen LogP contribution >= 0.6 is 0 Å². The first-order valence-electron chi connectivity index (χ1n) is 9.40. The van der Waals surface area contributed by atoms with Crippen molar-refractivity contribution in [2.24, 2.45) is 5.73 Å². The Morgan fingerprint density at radius 1 is 1.06 bits per heavy atom. The van der Waals surface area contributed by atoms with Crippen molar-refractivity contribution < 1.29 is 40.1 Å². The number of alkyl carbamates (subject to hydrolysis) is 1. The first kappa shape index (κ1) is 25.2. The topological polar surface area (TPSA) is 125 Å². The molecule has 0 aliphatic heterocycles. The second kappa shape index (κ2) is 9.23. The zero-order chi connectivity index (χ0) is 24.3. The molecular formula is C20H23F3N2O6S. The summed E-state index contributed by atoms with van der Waals surface area (Å²) in [5.74, 6) is -1.21.